The number of hydrogen-bond donors (Lipinski definition) is 1. The van der Waals surface area contributed by atoms with Crippen molar-refractivity contribution in [2.24, 2.45) is 0 Å². The molecule has 0 bridgehead atoms. The van der Waals surface area contributed by atoms with E-state index >= 15 is 0 Å². The lowest BCUT2D eigenvalue weighted by Gasteiger charge is -2.25. The summed E-state index contributed by atoms with van der Waals surface area (Å²) in [6.07, 6.45) is 15.0. The van der Waals surface area contributed by atoms with Gasteiger partial charge < -0.3 is 9.88 Å². The molecule has 174 valence electrons. The Bertz CT molecular complexity index is 1380. The maximum Gasteiger partial charge on any atom is 0.246 e. The standard InChI is InChI=1S/C25H27N7O2/c1-4-25(2,3)32-13-21(20-11-27-15-28-24(20)32)23(34)17-7-19(10-26-8-17)30-22(33)14-31-12-18(9-29-31)16-5-6-16/h7-13,15-16H,4-6,14H2,1-3H3,(H,30,33). The van der Waals surface area contributed by atoms with Crippen LogP contribution >= 0.6 is 0 Å². The van der Waals surface area contributed by atoms with Crippen LogP contribution < -0.4 is 5.32 Å². The summed E-state index contributed by atoms with van der Waals surface area (Å²) in [5.41, 5.74) is 3.02. The molecule has 0 aromatic carbocycles. The number of carbonyl (C=O) groups is 2. The molecule has 1 aliphatic carbocycles. The van der Waals surface area contributed by atoms with Crippen molar-refractivity contribution in [2.75, 3.05) is 5.32 Å². The maximum absolute atomic E-state index is 13.5. The number of amides is 1. The van der Waals surface area contributed by atoms with Gasteiger partial charge in [0.1, 0.15) is 18.5 Å². The van der Waals surface area contributed by atoms with Crippen LogP contribution in [0.2, 0.25) is 0 Å². The molecule has 1 fully saturated rings. The molecule has 1 aliphatic rings. The zero-order valence-corrected chi connectivity index (χ0v) is 19.5. The lowest BCUT2D eigenvalue weighted by atomic mass is 10.0. The fourth-order valence-electron chi connectivity index (χ4n) is 4.01. The van der Waals surface area contributed by atoms with E-state index in [2.05, 4.69) is 46.1 Å². The molecular weight excluding hydrogens is 430 g/mol. The minimum absolute atomic E-state index is 0.0990. The SMILES string of the molecule is CCC(C)(C)n1cc(C(=O)c2cncc(NC(=O)Cn3cc(C4CC4)cn3)c2)c2cncnc21. The third kappa shape index (κ3) is 4.21. The highest BCUT2D eigenvalue weighted by Crippen LogP contribution is 2.39. The Labute approximate surface area is 197 Å². The van der Waals surface area contributed by atoms with Crippen LogP contribution in [0, 0.1) is 0 Å². The predicted octanol–water partition coefficient (Wildman–Crippen LogP) is 3.92. The van der Waals surface area contributed by atoms with Crippen LogP contribution in [0.5, 0.6) is 0 Å². The molecule has 0 spiro atoms. The van der Waals surface area contributed by atoms with Crippen LogP contribution in [-0.2, 0) is 16.9 Å². The second-order valence-electron chi connectivity index (χ2n) is 9.42. The van der Waals surface area contributed by atoms with E-state index in [-0.39, 0.29) is 23.8 Å². The highest BCUT2D eigenvalue weighted by molar-refractivity contribution is 6.16. The largest absolute Gasteiger partial charge is 0.326 e. The summed E-state index contributed by atoms with van der Waals surface area (Å²) < 4.78 is 3.66. The van der Waals surface area contributed by atoms with Crippen LogP contribution in [0.15, 0.2) is 49.6 Å². The first-order valence-corrected chi connectivity index (χ1v) is 11.5. The molecule has 5 rings (SSSR count). The molecule has 9 nitrogen and oxygen atoms in total. The van der Waals surface area contributed by atoms with Crippen LogP contribution in [0.1, 0.15) is 67.4 Å². The number of rotatable bonds is 8. The predicted molar refractivity (Wildman–Crippen MR) is 128 cm³/mol. The molecule has 4 aromatic rings. The summed E-state index contributed by atoms with van der Waals surface area (Å²) in [7, 11) is 0. The van der Waals surface area contributed by atoms with Gasteiger partial charge in [0.05, 0.1) is 23.6 Å². The molecule has 0 atom stereocenters. The zero-order chi connectivity index (χ0) is 23.9. The first-order chi connectivity index (χ1) is 16.4. The van der Waals surface area contributed by atoms with E-state index in [0.717, 1.165) is 6.42 Å². The third-order valence-corrected chi connectivity index (χ3v) is 6.52. The molecule has 0 radical (unpaired) electrons. The average molecular weight is 458 g/mol. The molecule has 4 aromatic heterocycles. The van der Waals surface area contributed by atoms with Gasteiger partial charge in [-0.2, -0.15) is 5.10 Å². The van der Waals surface area contributed by atoms with E-state index < -0.39 is 0 Å². The Morgan fingerprint density at radius 1 is 1.12 bits per heavy atom. The molecule has 0 aliphatic heterocycles. The highest BCUT2D eigenvalue weighted by atomic mass is 16.2. The minimum atomic E-state index is -0.230. The fourth-order valence-corrected chi connectivity index (χ4v) is 4.01. The monoisotopic (exact) mass is 457 g/mol. The van der Waals surface area contributed by atoms with Gasteiger partial charge in [-0.25, -0.2) is 9.97 Å². The lowest BCUT2D eigenvalue weighted by Crippen LogP contribution is -2.24. The Balaban J connectivity index is 1.37. The van der Waals surface area contributed by atoms with Gasteiger partial charge in [0.25, 0.3) is 0 Å². The topological polar surface area (TPSA) is 108 Å². The summed E-state index contributed by atoms with van der Waals surface area (Å²) in [5, 5.41) is 7.79. The maximum atomic E-state index is 13.5. The van der Waals surface area contributed by atoms with Crippen LogP contribution in [0.4, 0.5) is 5.69 Å². The van der Waals surface area contributed by atoms with E-state index in [9.17, 15) is 9.59 Å². The molecular formula is C25H27N7O2. The van der Waals surface area contributed by atoms with Gasteiger partial charge >= 0.3 is 0 Å². The first-order valence-electron chi connectivity index (χ1n) is 11.5. The van der Waals surface area contributed by atoms with Gasteiger partial charge in [0, 0.05) is 41.3 Å². The quantitative estimate of drug-likeness (QED) is 0.402. The van der Waals surface area contributed by atoms with Gasteiger partial charge in [-0.3, -0.25) is 19.3 Å². The molecule has 0 unspecified atom stereocenters. The molecule has 1 N–H and O–H groups in total. The highest BCUT2D eigenvalue weighted by Gasteiger charge is 2.26. The van der Waals surface area contributed by atoms with Crippen molar-refractivity contribution >= 4 is 28.4 Å². The third-order valence-electron chi connectivity index (χ3n) is 6.52. The van der Waals surface area contributed by atoms with E-state index in [1.54, 1.807) is 16.9 Å². The number of pyridine rings is 1. The van der Waals surface area contributed by atoms with E-state index in [4.69, 9.17) is 0 Å². The summed E-state index contributed by atoms with van der Waals surface area (Å²) >= 11 is 0. The molecule has 4 heterocycles. The second-order valence-corrected chi connectivity index (χ2v) is 9.42. The lowest BCUT2D eigenvalue weighted by molar-refractivity contribution is -0.116. The number of hydrogen-bond acceptors (Lipinski definition) is 6. The summed E-state index contributed by atoms with van der Waals surface area (Å²) in [4.78, 5) is 38.7. The molecule has 9 heteroatoms. The number of aromatic nitrogens is 6. The van der Waals surface area contributed by atoms with Gasteiger partial charge in [-0.1, -0.05) is 6.92 Å². The van der Waals surface area contributed by atoms with Gasteiger partial charge in [-0.15, -0.1) is 0 Å². The van der Waals surface area contributed by atoms with Crippen molar-refractivity contribution < 1.29 is 9.59 Å². The molecule has 34 heavy (non-hydrogen) atoms. The molecule has 1 saturated carbocycles. The van der Waals surface area contributed by atoms with Crippen molar-refractivity contribution in [3.05, 3.63) is 66.3 Å². The Hall–Kier alpha value is -3.88. The Kier molecular flexibility index (Phi) is 5.47. The number of nitrogens with zero attached hydrogens (tertiary/aromatic N) is 6. The fraction of sp³-hybridized carbons (Fsp3) is 0.360. The van der Waals surface area contributed by atoms with Crippen LogP contribution in [-0.4, -0.2) is 41.0 Å². The van der Waals surface area contributed by atoms with E-state index in [1.807, 2.05) is 23.2 Å². The zero-order valence-electron chi connectivity index (χ0n) is 19.5. The van der Waals surface area contributed by atoms with Gasteiger partial charge in [-0.05, 0) is 50.7 Å². The summed E-state index contributed by atoms with van der Waals surface area (Å²) in [6.45, 7) is 6.41. The number of nitrogens with one attached hydrogen (secondary N) is 1. The number of fused-ring (bicyclic) bond motifs is 1. The smallest absolute Gasteiger partial charge is 0.246 e. The van der Waals surface area contributed by atoms with Gasteiger partial charge in [0.15, 0.2) is 5.78 Å². The number of carbonyl (C=O) groups excluding carboxylic acids is 2. The average Bonchev–Trinajstić information content (AvgIpc) is 3.45. The number of ketones is 1. The summed E-state index contributed by atoms with van der Waals surface area (Å²) in [6, 6.07) is 1.64. The summed E-state index contributed by atoms with van der Waals surface area (Å²) in [5.74, 6) is 0.157. The first kappa shape index (κ1) is 21.9. The molecule has 1 amide bonds. The second kappa shape index (κ2) is 8.48. The van der Waals surface area contributed by atoms with Crippen LogP contribution in [0.25, 0.3) is 11.0 Å². The minimum Gasteiger partial charge on any atom is -0.326 e. The number of anilines is 1. The molecule has 0 saturated heterocycles. The van der Waals surface area contributed by atoms with E-state index in [1.165, 1.54) is 37.1 Å². The van der Waals surface area contributed by atoms with Gasteiger partial charge in [0.2, 0.25) is 5.91 Å². The van der Waals surface area contributed by atoms with Crippen LogP contribution in [0.3, 0.4) is 0 Å². The van der Waals surface area contributed by atoms with Crippen molar-refractivity contribution in [3.8, 4) is 0 Å². The normalized spacial score (nSPS) is 13.9. The Morgan fingerprint density at radius 3 is 2.71 bits per heavy atom. The van der Waals surface area contributed by atoms with Crippen molar-refractivity contribution in [2.45, 2.75) is 58.0 Å². The van der Waals surface area contributed by atoms with E-state index in [0.29, 0.717) is 33.8 Å². The Morgan fingerprint density at radius 2 is 1.94 bits per heavy atom. The van der Waals surface area contributed by atoms with Crippen molar-refractivity contribution in [3.63, 3.8) is 0 Å². The van der Waals surface area contributed by atoms with Crippen molar-refractivity contribution in [1.29, 1.82) is 0 Å². The van der Waals surface area contributed by atoms with Crippen molar-refractivity contribution in [1.82, 2.24) is 29.3 Å².